The molecule has 1 aromatic carbocycles. The highest BCUT2D eigenvalue weighted by Crippen LogP contribution is 2.44. The molecule has 0 spiro atoms. The monoisotopic (exact) mass is 632 g/mol. The van der Waals surface area contributed by atoms with Gasteiger partial charge >= 0.3 is 6.18 Å². The highest BCUT2D eigenvalue weighted by molar-refractivity contribution is 5.43. The summed E-state index contributed by atoms with van der Waals surface area (Å²) in [6.45, 7) is 6.59. The Morgan fingerprint density at radius 3 is 2.24 bits per heavy atom. The molecule has 45 heavy (non-hydrogen) atoms. The molecule has 5 rings (SSSR count). The molecule has 3 N–H and O–H groups in total. The summed E-state index contributed by atoms with van der Waals surface area (Å²) in [5.74, 6) is 0.796. The first-order chi connectivity index (χ1) is 21.2. The van der Waals surface area contributed by atoms with Crippen LogP contribution in [-0.4, -0.2) is 63.2 Å². The van der Waals surface area contributed by atoms with E-state index in [1.807, 2.05) is 4.90 Å². The topological polar surface area (TPSA) is 112 Å². The third-order valence-electron chi connectivity index (χ3n) is 8.88. The highest BCUT2D eigenvalue weighted by atomic mass is 19.4. The smallest absolute Gasteiger partial charge is 0.416 e. The van der Waals surface area contributed by atoms with Gasteiger partial charge < -0.3 is 25.0 Å². The number of rotatable bonds is 9. The molecule has 0 saturated carbocycles. The molecule has 1 aliphatic heterocycles. The van der Waals surface area contributed by atoms with Gasteiger partial charge in [0.2, 0.25) is 5.95 Å². The van der Waals surface area contributed by atoms with Crippen molar-refractivity contribution in [2.75, 3.05) is 37.8 Å². The first-order valence-corrected chi connectivity index (χ1v) is 15.2. The average molecular weight is 633 g/mol. The number of fused-ring (bicyclic) bond motifs is 1. The molecule has 8 nitrogen and oxygen atoms in total. The van der Waals surface area contributed by atoms with Crippen molar-refractivity contribution in [1.82, 2.24) is 15.0 Å². The van der Waals surface area contributed by atoms with E-state index in [0.29, 0.717) is 61.7 Å². The van der Waals surface area contributed by atoms with E-state index in [9.17, 15) is 28.5 Å². The largest absolute Gasteiger partial charge is 0.490 e. The van der Waals surface area contributed by atoms with E-state index < -0.39 is 29.4 Å². The zero-order valence-electron chi connectivity index (χ0n) is 25.7. The van der Waals surface area contributed by atoms with Crippen LogP contribution >= 0.6 is 0 Å². The summed E-state index contributed by atoms with van der Waals surface area (Å²) in [6, 6.07) is 5.77. The minimum Gasteiger partial charge on any atom is -0.490 e. The van der Waals surface area contributed by atoms with Crippen LogP contribution in [0.25, 0.3) is 0 Å². The molecule has 1 unspecified atom stereocenters. The van der Waals surface area contributed by atoms with E-state index in [-0.39, 0.29) is 42.3 Å². The molecule has 2 aromatic heterocycles. The molecule has 0 radical (unpaired) electrons. The van der Waals surface area contributed by atoms with Crippen LogP contribution in [0.4, 0.5) is 23.5 Å². The molecular weight excluding hydrogens is 592 g/mol. The number of nitrogens with zero attached hydrogens (tertiary/aromatic N) is 4. The predicted octanol–water partition coefficient (Wildman–Crippen LogP) is 5.71. The molecule has 2 atom stereocenters. The molecule has 3 aromatic rings. The van der Waals surface area contributed by atoms with Gasteiger partial charge in [-0.25, -0.2) is 14.4 Å². The van der Waals surface area contributed by atoms with Crippen LogP contribution in [0.3, 0.4) is 0 Å². The first kappa shape index (κ1) is 33.0. The van der Waals surface area contributed by atoms with Crippen molar-refractivity contribution in [2.24, 2.45) is 10.8 Å². The maximum Gasteiger partial charge on any atom is 0.416 e. The number of pyridine rings is 1. The summed E-state index contributed by atoms with van der Waals surface area (Å²) in [6.07, 6.45) is -1.59. The number of aliphatic hydroxyl groups excluding tert-OH is 3. The van der Waals surface area contributed by atoms with Crippen LogP contribution < -0.4 is 9.64 Å². The van der Waals surface area contributed by atoms with Gasteiger partial charge in [-0.1, -0.05) is 32.9 Å². The van der Waals surface area contributed by atoms with Crippen molar-refractivity contribution in [3.8, 4) is 5.75 Å². The minimum atomic E-state index is -4.52. The SMILES string of the molecule is CC1(C)Cc2nc(C3CCN(c4ncc(OCC(C)(CO)CO)cn4)CC3)c([C@@H](F)c3ccc(C(F)(F)F)cc3)cc2C(O)C1. The Kier molecular flexibility index (Phi) is 9.40. The van der Waals surface area contributed by atoms with Gasteiger partial charge in [0.15, 0.2) is 11.9 Å². The fourth-order valence-electron chi connectivity index (χ4n) is 6.04. The van der Waals surface area contributed by atoms with Crippen molar-refractivity contribution >= 4 is 5.95 Å². The maximum atomic E-state index is 16.2. The molecule has 2 aliphatic rings. The van der Waals surface area contributed by atoms with Gasteiger partial charge in [0, 0.05) is 41.2 Å². The van der Waals surface area contributed by atoms with E-state index in [1.54, 1.807) is 13.0 Å². The number of halogens is 4. The second kappa shape index (κ2) is 12.8. The number of alkyl halides is 4. The Morgan fingerprint density at radius 2 is 1.67 bits per heavy atom. The van der Waals surface area contributed by atoms with E-state index in [2.05, 4.69) is 23.8 Å². The van der Waals surface area contributed by atoms with E-state index in [0.717, 1.165) is 30.0 Å². The number of hydrogen-bond acceptors (Lipinski definition) is 8. The molecule has 0 amide bonds. The first-order valence-electron chi connectivity index (χ1n) is 15.2. The van der Waals surface area contributed by atoms with Crippen LogP contribution in [-0.2, 0) is 12.6 Å². The van der Waals surface area contributed by atoms with Gasteiger partial charge in [-0.2, -0.15) is 13.2 Å². The summed E-state index contributed by atoms with van der Waals surface area (Å²) in [5, 5.41) is 29.9. The summed E-state index contributed by atoms with van der Waals surface area (Å²) >= 11 is 0. The fourth-order valence-corrected chi connectivity index (χ4v) is 6.04. The van der Waals surface area contributed by atoms with Crippen LogP contribution in [0, 0.1) is 10.8 Å². The Morgan fingerprint density at radius 1 is 1.04 bits per heavy atom. The lowest BCUT2D eigenvalue weighted by Crippen LogP contribution is -2.35. The van der Waals surface area contributed by atoms with E-state index >= 15 is 4.39 Å². The Labute approximate surface area is 260 Å². The Balaban J connectivity index is 1.36. The predicted molar refractivity (Wildman–Crippen MR) is 160 cm³/mol. The van der Waals surface area contributed by atoms with Gasteiger partial charge in [0.25, 0.3) is 0 Å². The van der Waals surface area contributed by atoms with Crippen molar-refractivity contribution in [3.05, 3.63) is 76.4 Å². The lowest BCUT2D eigenvalue weighted by Gasteiger charge is -2.37. The van der Waals surface area contributed by atoms with Crippen LogP contribution in [0.1, 0.15) is 91.9 Å². The lowest BCUT2D eigenvalue weighted by atomic mass is 9.74. The van der Waals surface area contributed by atoms with Crippen LogP contribution in [0.2, 0.25) is 0 Å². The molecule has 3 heterocycles. The summed E-state index contributed by atoms with van der Waals surface area (Å²) in [7, 11) is 0. The standard InChI is InChI=1S/C33H40F4N4O4/c1-31(2)13-26-24(27(44)14-31)12-25(28(34)20-4-6-22(7-5-20)33(35,36)37)29(40-26)21-8-10-41(11-9-21)30-38-15-23(16-39-30)45-19-32(3,17-42)18-43/h4-7,12,15-16,21,27-28,42-44H,8-11,13-14,17-19H2,1-3H3/t27?,28-/m0/s1. The molecule has 1 fully saturated rings. The molecular formula is C33H40F4N4O4. The molecule has 1 saturated heterocycles. The van der Waals surface area contributed by atoms with Gasteiger partial charge in [0.05, 0.1) is 49.6 Å². The van der Waals surface area contributed by atoms with Crippen molar-refractivity contribution in [1.29, 1.82) is 0 Å². The maximum absolute atomic E-state index is 16.2. The van der Waals surface area contributed by atoms with Gasteiger partial charge in [-0.05, 0) is 54.9 Å². The van der Waals surface area contributed by atoms with Gasteiger partial charge in [0.1, 0.15) is 0 Å². The number of aromatic nitrogens is 3. The van der Waals surface area contributed by atoms with E-state index in [1.165, 1.54) is 12.4 Å². The number of anilines is 1. The van der Waals surface area contributed by atoms with E-state index in [4.69, 9.17) is 9.72 Å². The molecule has 0 bridgehead atoms. The quantitative estimate of drug-likeness (QED) is 0.258. The molecule has 12 heteroatoms. The lowest BCUT2D eigenvalue weighted by molar-refractivity contribution is -0.137. The second-order valence-electron chi connectivity index (χ2n) is 13.4. The van der Waals surface area contributed by atoms with Crippen LogP contribution in [0.5, 0.6) is 5.75 Å². The Bertz CT molecular complexity index is 1460. The summed E-state index contributed by atoms with van der Waals surface area (Å²) < 4.78 is 61.4. The second-order valence-corrected chi connectivity index (χ2v) is 13.4. The minimum absolute atomic E-state index is 0.0977. The third kappa shape index (κ3) is 7.39. The highest BCUT2D eigenvalue weighted by Gasteiger charge is 2.36. The molecule has 244 valence electrons. The van der Waals surface area contributed by atoms with Crippen molar-refractivity contribution in [3.63, 3.8) is 0 Å². The average Bonchev–Trinajstić information content (AvgIpc) is 3.02. The number of piperidine rings is 1. The number of hydrogen-bond donors (Lipinski definition) is 3. The van der Waals surface area contributed by atoms with Crippen LogP contribution in [0.15, 0.2) is 42.7 Å². The summed E-state index contributed by atoms with van der Waals surface area (Å²) in [5.41, 5.74) is 0.444. The van der Waals surface area contributed by atoms with Crippen molar-refractivity contribution in [2.45, 2.75) is 70.8 Å². The normalized spacial score (nSPS) is 19.7. The van der Waals surface area contributed by atoms with Gasteiger partial charge in [-0.15, -0.1) is 0 Å². The number of aliphatic hydroxyl groups is 3. The fraction of sp³-hybridized carbons (Fsp3) is 0.545. The zero-order valence-corrected chi connectivity index (χ0v) is 25.7. The van der Waals surface area contributed by atoms with Gasteiger partial charge in [-0.3, -0.25) is 4.98 Å². The zero-order chi connectivity index (χ0) is 32.6. The van der Waals surface area contributed by atoms with Crippen molar-refractivity contribution < 1.29 is 37.6 Å². The Hall–Kier alpha value is -3.35. The third-order valence-corrected chi connectivity index (χ3v) is 8.88. The molecule has 1 aliphatic carbocycles. The number of ether oxygens (including phenoxy) is 1. The summed E-state index contributed by atoms with van der Waals surface area (Å²) in [4.78, 5) is 15.8. The number of benzene rings is 1.